The first-order valence-corrected chi connectivity index (χ1v) is 9.18. The molecule has 1 amide bonds. The molecule has 134 valence electrons. The Labute approximate surface area is 149 Å². The highest BCUT2D eigenvalue weighted by molar-refractivity contribution is 5.93. The number of hydrogen-bond acceptors (Lipinski definition) is 4. The topological polar surface area (TPSA) is 63.1 Å². The summed E-state index contributed by atoms with van der Waals surface area (Å²) >= 11 is 0. The molecule has 1 saturated carbocycles. The fourth-order valence-corrected chi connectivity index (χ4v) is 3.23. The first-order valence-electron chi connectivity index (χ1n) is 9.18. The molecule has 6 heteroatoms. The van der Waals surface area contributed by atoms with Gasteiger partial charge in [-0.05, 0) is 45.0 Å². The summed E-state index contributed by atoms with van der Waals surface area (Å²) in [6.45, 7) is 8.98. The number of nitrogens with zero attached hydrogens (tertiary/aromatic N) is 4. The van der Waals surface area contributed by atoms with Crippen LogP contribution in [-0.2, 0) is 0 Å². The van der Waals surface area contributed by atoms with Gasteiger partial charge in [-0.25, -0.2) is 4.68 Å². The maximum Gasteiger partial charge on any atom is 0.273 e. The highest BCUT2D eigenvalue weighted by Crippen LogP contribution is 2.41. The quantitative estimate of drug-likeness (QED) is 0.802. The average Bonchev–Trinajstić information content (AvgIpc) is 3.39. The van der Waals surface area contributed by atoms with Crippen LogP contribution in [0.5, 0.6) is 0 Å². The van der Waals surface area contributed by atoms with Crippen molar-refractivity contribution in [2.75, 3.05) is 19.6 Å². The van der Waals surface area contributed by atoms with Gasteiger partial charge in [-0.15, -0.1) is 5.10 Å². The summed E-state index contributed by atoms with van der Waals surface area (Å²) < 4.78 is 1.82. The van der Waals surface area contributed by atoms with Crippen LogP contribution in [0, 0.1) is 0 Å². The number of carbonyl (C=O) groups excluding carboxylic acids is 1. The summed E-state index contributed by atoms with van der Waals surface area (Å²) in [6, 6.07) is 10.2. The lowest BCUT2D eigenvalue weighted by atomic mass is 10.2. The second kappa shape index (κ2) is 7.78. The van der Waals surface area contributed by atoms with Crippen LogP contribution in [-0.4, -0.2) is 51.5 Å². The van der Waals surface area contributed by atoms with Crippen molar-refractivity contribution in [3.05, 3.63) is 41.7 Å². The van der Waals surface area contributed by atoms with Gasteiger partial charge in [-0.2, -0.15) is 0 Å². The molecule has 0 radical (unpaired) electrons. The normalized spacial score (nSPS) is 15.4. The molecule has 0 bridgehead atoms. The summed E-state index contributed by atoms with van der Waals surface area (Å²) in [4.78, 5) is 15.0. The fourth-order valence-electron chi connectivity index (χ4n) is 3.23. The second-order valence-electron chi connectivity index (χ2n) is 6.63. The molecule has 1 N–H and O–H groups in total. The Morgan fingerprint density at radius 2 is 1.96 bits per heavy atom. The van der Waals surface area contributed by atoms with E-state index in [-0.39, 0.29) is 5.91 Å². The summed E-state index contributed by atoms with van der Waals surface area (Å²) in [5.74, 6) is 0.263. The SMILES string of the molecule is CCN(CC)C(C)CNC(=O)c1nnn(-c2ccccc2)c1C1CC1. The zero-order valence-electron chi connectivity index (χ0n) is 15.3. The Hall–Kier alpha value is -2.21. The molecule has 1 heterocycles. The van der Waals surface area contributed by atoms with Gasteiger partial charge in [0.2, 0.25) is 0 Å². The summed E-state index contributed by atoms with van der Waals surface area (Å²) in [7, 11) is 0. The van der Waals surface area contributed by atoms with Crippen LogP contribution in [0.3, 0.4) is 0 Å². The van der Waals surface area contributed by atoms with Crippen molar-refractivity contribution in [3.63, 3.8) is 0 Å². The predicted molar refractivity (Wildman–Crippen MR) is 98.1 cm³/mol. The standard InChI is InChI=1S/C19H27N5O/c1-4-23(5-2)14(3)13-20-19(25)17-18(15-11-12-15)24(22-21-17)16-9-7-6-8-10-16/h6-10,14-15H,4-5,11-13H2,1-3H3,(H,20,25). The summed E-state index contributed by atoms with van der Waals surface area (Å²) in [6.07, 6.45) is 2.19. The first kappa shape index (κ1) is 17.6. The van der Waals surface area contributed by atoms with E-state index in [0.29, 0.717) is 24.2 Å². The number of rotatable bonds is 8. The molecular formula is C19H27N5O. The lowest BCUT2D eigenvalue weighted by Gasteiger charge is -2.26. The minimum absolute atomic E-state index is 0.122. The molecule has 1 aromatic heterocycles. The molecule has 1 aromatic carbocycles. The molecule has 0 saturated heterocycles. The molecule has 25 heavy (non-hydrogen) atoms. The van der Waals surface area contributed by atoms with Crippen molar-refractivity contribution in [2.45, 2.75) is 45.6 Å². The Morgan fingerprint density at radius 3 is 2.56 bits per heavy atom. The van der Waals surface area contributed by atoms with Crippen molar-refractivity contribution in [1.29, 1.82) is 0 Å². The summed E-state index contributed by atoms with van der Waals surface area (Å²) in [5.41, 5.74) is 2.37. The minimum Gasteiger partial charge on any atom is -0.349 e. The lowest BCUT2D eigenvalue weighted by molar-refractivity contribution is 0.0932. The van der Waals surface area contributed by atoms with Crippen molar-refractivity contribution >= 4 is 5.91 Å². The van der Waals surface area contributed by atoms with Crippen LogP contribution in [0.25, 0.3) is 5.69 Å². The van der Waals surface area contributed by atoms with E-state index >= 15 is 0 Å². The van der Waals surface area contributed by atoms with E-state index in [1.165, 1.54) is 0 Å². The van der Waals surface area contributed by atoms with E-state index in [9.17, 15) is 4.79 Å². The Balaban J connectivity index is 1.76. The number of likely N-dealkylation sites (N-methyl/N-ethyl adjacent to an activating group) is 1. The molecular weight excluding hydrogens is 314 g/mol. The monoisotopic (exact) mass is 341 g/mol. The van der Waals surface area contributed by atoms with Crippen LogP contribution in [0.2, 0.25) is 0 Å². The van der Waals surface area contributed by atoms with Gasteiger partial charge in [0.1, 0.15) is 0 Å². The van der Waals surface area contributed by atoms with Gasteiger partial charge in [-0.1, -0.05) is 37.3 Å². The zero-order chi connectivity index (χ0) is 17.8. The zero-order valence-corrected chi connectivity index (χ0v) is 15.3. The van der Waals surface area contributed by atoms with Crippen LogP contribution < -0.4 is 5.32 Å². The molecule has 1 fully saturated rings. The van der Waals surface area contributed by atoms with Crippen LogP contribution in [0.4, 0.5) is 0 Å². The first-order chi connectivity index (χ1) is 12.2. The van der Waals surface area contributed by atoms with E-state index in [2.05, 4.69) is 41.3 Å². The van der Waals surface area contributed by atoms with Crippen molar-refractivity contribution in [3.8, 4) is 5.69 Å². The molecule has 1 unspecified atom stereocenters. The van der Waals surface area contributed by atoms with Crippen LogP contribution >= 0.6 is 0 Å². The number of benzene rings is 1. The number of hydrogen-bond donors (Lipinski definition) is 1. The van der Waals surface area contributed by atoms with Crippen LogP contribution in [0.15, 0.2) is 30.3 Å². The number of carbonyl (C=O) groups is 1. The Kier molecular flexibility index (Phi) is 5.48. The average molecular weight is 341 g/mol. The highest BCUT2D eigenvalue weighted by atomic mass is 16.2. The van der Waals surface area contributed by atoms with Gasteiger partial charge < -0.3 is 5.32 Å². The number of nitrogens with one attached hydrogen (secondary N) is 1. The van der Waals surface area contributed by atoms with Gasteiger partial charge in [-0.3, -0.25) is 9.69 Å². The highest BCUT2D eigenvalue weighted by Gasteiger charge is 2.34. The minimum atomic E-state index is -0.122. The number of aromatic nitrogens is 3. The molecule has 3 rings (SSSR count). The lowest BCUT2D eigenvalue weighted by Crippen LogP contribution is -2.42. The maximum absolute atomic E-state index is 12.7. The van der Waals surface area contributed by atoms with E-state index in [0.717, 1.165) is 37.3 Å². The third kappa shape index (κ3) is 3.90. The molecule has 1 aliphatic carbocycles. The van der Waals surface area contributed by atoms with Gasteiger partial charge in [0.25, 0.3) is 5.91 Å². The van der Waals surface area contributed by atoms with Gasteiger partial charge in [0, 0.05) is 18.5 Å². The van der Waals surface area contributed by atoms with Gasteiger partial charge in [0.05, 0.1) is 11.4 Å². The number of amides is 1. The number of para-hydroxylation sites is 1. The maximum atomic E-state index is 12.7. The van der Waals surface area contributed by atoms with Crippen LogP contribution in [0.1, 0.15) is 55.7 Å². The largest absolute Gasteiger partial charge is 0.349 e. The molecule has 1 aliphatic rings. The van der Waals surface area contributed by atoms with Crippen molar-refractivity contribution in [1.82, 2.24) is 25.2 Å². The Bertz CT molecular complexity index is 704. The van der Waals surface area contributed by atoms with E-state index in [1.54, 1.807) is 0 Å². The molecule has 6 nitrogen and oxygen atoms in total. The summed E-state index contributed by atoms with van der Waals surface area (Å²) in [5, 5.41) is 11.5. The molecule has 2 aromatic rings. The predicted octanol–water partition coefficient (Wildman–Crippen LogP) is 2.60. The van der Waals surface area contributed by atoms with E-state index < -0.39 is 0 Å². The van der Waals surface area contributed by atoms with Crippen molar-refractivity contribution in [2.24, 2.45) is 0 Å². The third-order valence-electron chi connectivity index (χ3n) is 4.88. The van der Waals surface area contributed by atoms with E-state index in [4.69, 9.17) is 0 Å². The second-order valence-corrected chi connectivity index (χ2v) is 6.63. The molecule has 0 aliphatic heterocycles. The van der Waals surface area contributed by atoms with Gasteiger partial charge >= 0.3 is 0 Å². The molecule has 1 atom stereocenters. The van der Waals surface area contributed by atoms with Crippen molar-refractivity contribution < 1.29 is 4.79 Å². The van der Waals surface area contributed by atoms with E-state index in [1.807, 2.05) is 35.0 Å². The molecule has 0 spiro atoms. The van der Waals surface area contributed by atoms with Gasteiger partial charge in [0.15, 0.2) is 5.69 Å². The Morgan fingerprint density at radius 1 is 1.28 bits per heavy atom. The smallest absolute Gasteiger partial charge is 0.273 e. The third-order valence-corrected chi connectivity index (χ3v) is 4.88. The fraction of sp³-hybridized carbons (Fsp3) is 0.526.